The summed E-state index contributed by atoms with van der Waals surface area (Å²) in [6.45, 7) is 3.89. The van der Waals surface area contributed by atoms with Crippen LogP contribution in [-0.2, 0) is 14.4 Å². The van der Waals surface area contributed by atoms with Gasteiger partial charge in [-0.05, 0) is 57.2 Å². The van der Waals surface area contributed by atoms with Crippen LogP contribution in [0.4, 0.5) is 17.1 Å². The smallest absolute Gasteiger partial charge is 0.256 e. The van der Waals surface area contributed by atoms with E-state index in [2.05, 4.69) is 29.5 Å². The molecule has 0 saturated carbocycles. The zero-order valence-corrected chi connectivity index (χ0v) is 33.7. The van der Waals surface area contributed by atoms with Gasteiger partial charge in [-0.25, -0.2) is 10.0 Å². The van der Waals surface area contributed by atoms with Crippen molar-refractivity contribution < 1.29 is 14.4 Å². The van der Waals surface area contributed by atoms with Crippen LogP contribution >= 0.6 is 69.6 Å². The van der Waals surface area contributed by atoms with Crippen LogP contribution in [0.25, 0.3) is 0 Å². The average molecular weight is 820 g/mol. The van der Waals surface area contributed by atoms with Crippen LogP contribution in [0.1, 0.15) is 117 Å². The molecule has 2 heterocycles. The number of hydrazine groups is 1. The topological polar surface area (TPSA) is 82.1 Å². The normalized spacial score (nSPS) is 18.7. The summed E-state index contributed by atoms with van der Waals surface area (Å²) in [5.74, 6) is -1.80. The highest BCUT2D eigenvalue weighted by atomic mass is 35.5. The molecule has 2 aromatic rings. The van der Waals surface area contributed by atoms with Gasteiger partial charge in [0.1, 0.15) is 11.5 Å². The van der Waals surface area contributed by atoms with Gasteiger partial charge in [-0.3, -0.25) is 24.7 Å². The number of amides is 3. The summed E-state index contributed by atoms with van der Waals surface area (Å²) in [5, 5.41) is 1.08. The Morgan fingerprint density at radius 1 is 0.745 bits per heavy atom. The number of rotatable bonds is 19. The summed E-state index contributed by atoms with van der Waals surface area (Å²) in [6.07, 6.45) is 22.6. The van der Waals surface area contributed by atoms with Gasteiger partial charge < -0.3 is 0 Å². The van der Waals surface area contributed by atoms with Crippen LogP contribution in [-0.4, -0.2) is 23.6 Å². The first-order valence-corrected chi connectivity index (χ1v) is 20.3. The van der Waals surface area contributed by atoms with E-state index in [1.807, 2.05) is 0 Å². The summed E-state index contributed by atoms with van der Waals surface area (Å²) in [5.41, 5.74) is 3.57. The number of halogens is 6. The van der Waals surface area contributed by atoms with Crippen molar-refractivity contribution in [1.82, 2.24) is 5.43 Å². The molecule has 13 heteroatoms. The summed E-state index contributed by atoms with van der Waals surface area (Å²) in [4.78, 5) is 45.5. The SMILES string of the molecule is CCCCCCCC/C=C/CCCCCCCCC1CC(=O)N(c2ccc(Cl)c(N=C3NN(c4c(Cl)c(Cl)c(Cl)c(Cl)c4Cl)C(=O)C3C)c2)C1=O. The van der Waals surface area contributed by atoms with Crippen molar-refractivity contribution in [2.75, 3.05) is 9.91 Å². The molecular weight excluding hydrogens is 773 g/mol. The molecule has 0 spiro atoms. The lowest BCUT2D eigenvalue weighted by atomic mass is 9.98. The molecule has 7 nitrogen and oxygen atoms in total. The number of benzene rings is 2. The Bertz CT molecular complexity index is 1600. The first kappa shape index (κ1) is 41.8. The molecule has 4 rings (SSSR count). The van der Waals surface area contributed by atoms with Gasteiger partial charge in [-0.15, -0.1) is 0 Å². The fraction of sp³-hybridized carbons (Fsp3) is 0.526. The van der Waals surface area contributed by atoms with Crippen molar-refractivity contribution in [3.63, 3.8) is 0 Å². The lowest BCUT2D eigenvalue weighted by Crippen LogP contribution is -2.36. The Morgan fingerprint density at radius 2 is 1.29 bits per heavy atom. The minimum absolute atomic E-state index is 0.0284. The van der Waals surface area contributed by atoms with E-state index in [4.69, 9.17) is 69.6 Å². The third kappa shape index (κ3) is 10.8. The number of imide groups is 1. The second-order valence-electron chi connectivity index (χ2n) is 13.3. The maximum Gasteiger partial charge on any atom is 0.256 e. The van der Waals surface area contributed by atoms with Gasteiger partial charge in [0.05, 0.1) is 47.4 Å². The molecular formula is C38H46Cl6N4O3. The van der Waals surface area contributed by atoms with Crippen molar-refractivity contribution in [3.05, 3.63) is 60.5 Å². The molecule has 51 heavy (non-hydrogen) atoms. The van der Waals surface area contributed by atoms with Gasteiger partial charge >= 0.3 is 0 Å². The van der Waals surface area contributed by atoms with E-state index < -0.39 is 11.8 Å². The van der Waals surface area contributed by atoms with Gasteiger partial charge in [-0.1, -0.05) is 153 Å². The first-order valence-electron chi connectivity index (χ1n) is 18.0. The predicted octanol–water partition coefficient (Wildman–Crippen LogP) is 13.1. The van der Waals surface area contributed by atoms with Crippen molar-refractivity contribution in [2.24, 2.45) is 16.8 Å². The lowest BCUT2D eigenvalue weighted by Gasteiger charge is -2.21. The second-order valence-corrected chi connectivity index (χ2v) is 15.6. The zero-order valence-electron chi connectivity index (χ0n) is 29.2. The maximum absolute atomic E-state index is 13.4. The van der Waals surface area contributed by atoms with E-state index in [9.17, 15) is 14.4 Å². The number of anilines is 2. The number of amidine groups is 1. The molecule has 0 radical (unpaired) electrons. The van der Waals surface area contributed by atoms with Crippen molar-refractivity contribution in [3.8, 4) is 0 Å². The molecule has 2 unspecified atom stereocenters. The monoisotopic (exact) mass is 816 g/mol. The molecule has 2 aromatic carbocycles. The van der Waals surface area contributed by atoms with E-state index in [1.165, 1.54) is 69.1 Å². The third-order valence-corrected chi connectivity index (χ3v) is 11.9. The Labute approximate surface area is 332 Å². The van der Waals surface area contributed by atoms with E-state index in [-0.39, 0.29) is 71.5 Å². The third-order valence-electron chi connectivity index (χ3n) is 9.37. The number of unbranched alkanes of at least 4 members (excludes halogenated alkanes) is 12. The number of aliphatic imine (C=N–C) groups is 1. The van der Waals surface area contributed by atoms with Crippen LogP contribution in [0.15, 0.2) is 35.3 Å². The molecule has 1 N–H and O–H groups in total. The first-order chi connectivity index (χ1) is 24.5. The van der Waals surface area contributed by atoms with Crippen LogP contribution in [0.5, 0.6) is 0 Å². The average Bonchev–Trinajstić information content (AvgIpc) is 3.55. The van der Waals surface area contributed by atoms with E-state index in [0.717, 1.165) is 30.7 Å². The summed E-state index contributed by atoms with van der Waals surface area (Å²) < 4.78 is 0. The molecule has 278 valence electrons. The van der Waals surface area contributed by atoms with E-state index in [1.54, 1.807) is 25.1 Å². The largest absolute Gasteiger partial charge is 0.277 e. The highest BCUT2D eigenvalue weighted by Gasteiger charge is 2.40. The van der Waals surface area contributed by atoms with Gasteiger partial charge in [0.2, 0.25) is 11.8 Å². The van der Waals surface area contributed by atoms with Gasteiger partial charge in [-0.2, -0.15) is 0 Å². The number of hydrogen-bond acceptors (Lipinski definition) is 4. The number of allylic oxidation sites excluding steroid dienone is 2. The lowest BCUT2D eigenvalue weighted by molar-refractivity contribution is -0.122. The summed E-state index contributed by atoms with van der Waals surface area (Å²) >= 11 is 37.9. The quantitative estimate of drug-likeness (QED) is 0.0503. The highest BCUT2D eigenvalue weighted by molar-refractivity contribution is 6.57. The Morgan fingerprint density at radius 3 is 1.90 bits per heavy atom. The number of nitrogens with zero attached hydrogens (tertiary/aromatic N) is 3. The Hall–Kier alpha value is -2.00. The minimum atomic E-state index is -0.763. The number of nitrogens with one attached hydrogen (secondary N) is 1. The van der Waals surface area contributed by atoms with E-state index in [0.29, 0.717) is 12.1 Å². The fourth-order valence-corrected chi connectivity index (χ4v) is 7.80. The van der Waals surface area contributed by atoms with E-state index >= 15 is 0 Å². The minimum Gasteiger partial charge on any atom is -0.277 e. The molecule has 2 aliphatic rings. The van der Waals surface area contributed by atoms with Crippen LogP contribution < -0.4 is 15.3 Å². The Balaban J connectivity index is 1.26. The number of carbonyl (C=O) groups is 3. The summed E-state index contributed by atoms with van der Waals surface area (Å²) in [7, 11) is 0. The highest BCUT2D eigenvalue weighted by Crippen LogP contribution is 2.49. The molecule has 0 bridgehead atoms. The number of carbonyl (C=O) groups excluding carboxylic acids is 3. The van der Waals surface area contributed by atoms with Crippen LogP contribution in [0.2, 0.25) is 30.1 Å². The maximum atomic E-state index is 13.4. The van der Waals surface area contributed by atoms with Crippen LogP contribution in [0.3, 0.4) is 0 Å². The van der Waals surface area contributed by atoms with Crippen LogP contribution in [0, 0.1) is 11.8 Å². The van der Waals surface area contributed by atoms with Gasteiger partial charge in [0, 0.05) is 12.3 Å². The van der Waals surface area contributed by atoms with Crippen molar-refractivity contribution in [1.29, 1.82) is 0 Å². The van der Waals surface area contributed by atoms with Gasteiger partial charge in [0.15, 0.2) is 0 Å². The Kier molecular flexibility index (Phi) is 16.7. The molecule has 2 saturated heterocycles. The molecule has 0 aliphatic carbocycles. The number of hydrogen-bond donors (Lipinski definition) is 1. The van der Waals surface area contributed by atoms with Crippen molar-refractivity contribution >= 4 is 110 Å². The second kappa shape index (κ2) is 20.5. The predicted molar refractivity (Wildman–Crippen MR) is 214 cm³/mol. The summed E-state index contributed by atoms with van der Waals surface area (Å²) in [6, 6.07) is 4.75. The molecule has 0 aromatic heterocycles. The van der Waals surface area contributed by atoms with Gasteiger partial charge in [0.25, 0.3) is 5.91 Å². The zero-order chi connectivity index (χ0) is 37.1. The standard InChI is InChI=1S/C38H46Cl6N4O3/c1-3-4-5-6-7-8-9-10-11-12-13-14-15-16-17-18-19-25-22-29(49)47(38(25)51)26-20-21-27(39)28(23-26)45-36-24(2)37(50)48(46-36)35-33(43)31(41)30(40)32(42)34(35)44/h10-11,20-21,23-25H,3-9,12-19,22H2,1-2H3,(H,45,46)/b11-10+. The molecule has 2 fully saturated rings. The molecule has 2 atom stereocenters. The molecule has 3 amide bonds. The molecule has 2 aliphatic heterocycles. The van der Waals surface area contributed by atoms with Crippen molar-refractivity contribution in [2.45, 2.75) is 117 Å². The fourth-order valence-electron chi connectivity index (χ4n) is 6.34.